The van der Waals surface area contributed by atoms with Gasteiger partial charge in [-0.2, -0.15) is 11.8 Å². The van der Waals surface area contributed by atoms with Crippen molar-refractivity contribution in [2.24, 2.45) is 0 Å². The number of nitrogens with zero attached hydrogens (tertiary/aromatic N) is 2. The Labute approximate surface area is 303 Å². The Hall–Kier alpha value is -6.03. The molecule has 6 aromatic carbocycles. The third-order valence-corrected chi connectivity index (χ3v) is 10.8. The normalized spacial score (nSPS) is 12.1. The molecule has 9 rings (SSSR count). The Kier molecular flexibility index (Phi) is 8.33. The molecule has 2 aromatic heterocycles. The second-order valence-corrected chi connectivity index (χ2v) is 14.0. The molecular weight excluding hydrogens is 637 g/mol. The van der Waals surface area contributed by atoms with Gasteiger partial charge in [-0.1, -0.05) is 97.1 Å². The first kappa shape index (κ1) is 31.0. The maximum atomic E-state index is 4.42. The van der Waals surface area contributed by atoms with Gasteiger partial charge in [-0.15, -0.1) is 0 Å². The molecule has 0 N–H and O–H groups in total. The van der Waals surface area contributed by atoms with Crippen LogP contribution in [0.1, 0.15) is 11.1 Å². The molecule has 0 saturated heterocycles. The van der Waals surface area contributed by atoms with Crippen molar-refractivity contribution in [3.63, 3.8) is 0 Å². The lowest BCUT2D eigenvalue weighted by Gasteiger charge is -2.16. The summed E-state index contributed by atoms with van der Waals surface area (Å²) < 4.78 is 0. The highest BCUT2D eigenvalue weighted by atomic mass is 32.2. The predicted octanol–water partition coefficient (Wildman–Crippen LogP) is 12.9. The lowest BCUT2D eigenvalue weighted by Crippen LogP contribution is -1.92. The molecule has 3 heterocycles. The number of hydrogen-bond acceptors (Lipinski definition) is 3. The van der Waals surface area contributed by atoms with Crippen molar-refractivity contribution in [1.82, 2.24) is 9.97 Å². The number of rotatable bonds is 6. The second-order valence-electron chi connectivity index (χ2n) is 13.1. The summed E-state index contributed by atoms with van der Waals surface area (Å²) in [7, 11) is 0. The summed E-state index contributed by atoms with van der Waals surface area (Å²) in [6.07, 6.45) is 7.53. The molecule has 2 nitrogen and oxygen atoms in total. The third-order valence-electron chi connectivity index (χ3n) is 9.76. The van der Waals surface area contributed by atoms with Crippen molar-refractivity contribution in [2.45, 2.75) is 11.5 Å². The lowest BCUT2D eigenvalue weighted by atomic mass is 9.88. The van der Waals surface area contributed by atoms with E-state index in [-0.39, 0.29) is 0 Å². The van der Waals surface area contributed by atoms with Crippen LogP contribution in [0.25, 0.3) is 77.9 Å². The molecule has 0 spiro atoms. The molecule has 0 bridgehead atoms. The van der Waals surface area contributed by atoms with Crippen LogP contribution in [0.4, 0.5) is 0 Å². The molecule has 1 aliphatic heterocycles. The first-order chi connectivity index (χ1) is 25.2. The van der Waals surface area contributed by atoms with Crippen LogP contribution in [0.2, 0.25) is 0 Å². The molecule has 242 valence electrons. The molecule has 1 aliphatic rings. The zero-order chi connectivity index (χ0) is 34.0. The molecule has 0 unspecified atom stereocenters. The van der Waals surface area contributed by atoms with Crippen molar-refractivity contribution >= 4 is 11.8 Å². The molecule has 0 aliphatic carbocycles. The van der Waals surface area contributed by atoms with Gasteiger partial charge in [0.1, 0.15) is 0 Å². The van der Waals surface area contributed by atoms with Crippen molar-refractivity contribution in [3.8, 4) is 77.9 Å². The SMILES string of the molecule is c1ccc(-c2cc(-c3ccccc3)cc(-c3ccc4c(c3)-c3cc(-c5cc(-c6cccnc6)cc(-c6cccnc6)c5)ccc3CSC4)c2)cc1. The summed E-state index contributed by atoms with van der Waals surface area (Å²) in [4.78, 5) is 8.85. The Morgan fingerprint density at radius 1 is 0.314 bits per heavy atom. The van der Waals surface area contributed by atoms with E-state index >= 15 is 0 Å². The minimum Gasteiger partial charge on any atom is -0.264 e. The van der Waals surface area contributed by atoms with Crippen molar-refractivity contribution in [3.05, 3.63) is 194 Å². The van der Waals surface area contributed by atoms with Gasteiger partial charge in [0.2, 0.25) is 0 Å². The Balaban J connectivity index is 1.18. The summed E-state index contributed by atoms with van der Waals surface area (Å²) in [6, 6.07) is 57.6. The number of fused-ring (bicyclic) bond motifs is 3. The number of hydrogen-bond donors (Lipinski definition) is 0. The number of thioether (sulfide) groups is 1. The summed E-state index contributed by atoms with van der Waals surface area (Å²) in [6.45, 7) is 0. The van der Waals surface area contributed by atoms with E-state index in [1.165, 1.54) is 66.8 Å². The fourth-order valence-corrected chi connectivity index (χ4v) is 8.16. The smallest absolute Gasteiger partial charge is 0.0346 e. The van der Waals surface area contributed by atoms with E-state index in [0.717, 1.165) is 33.8 Å². The van der Waals surface area contributed by atoms with Gasteiger partial charge in [0.15, 0.2) is 0 Å². The van der Waals surface area contributed by atoms with Crippen molar-refractivity contribution in [1.29, 1.82) is 0 Å². The Morgan fingerprint density at radius 2 is 0.686 bits per heavy atom. The van der Waals surface area contributed by atoms with E-state index < -0.39 is 0 Å². The van der Waals surface area contributed by atoms with E-state index in [0.29, 0.717) is 0 Å². The van der Waals surface area contributed by atoms with Gasteiger partial charge < -0.3 is 0 Å². The quantitative estimate of drug-likeness (QED) is 0.176. The highest BCUT2D eigenvalue weighted by Crippen LogP contribution is 2.42. The van der Waals surface area contributed by atoms with Crippen molar-refractivity contribution in [2.75, 3.05) is 0 Å². The Morgan fingerprint density at radius 3 is 1.08 bits per heavy atom. The predicted molar refractivity (Wildman–Crippen MR) is 215 cm³/mol. The minimum atomic E-state index is 0.984. The molecule has 0 fully saturated rings. The van der Waals surface area contributed by atoms with Crippen molar-refractivity contribution < 1.29 is 0 Å². The molecule has 8 aromatic rings. The first-order valence-electron chi connectivity index (χ1n) is 17.3. The maximum absolute atomic E-state index is 4.42. The van der Waals surface area contributed by atoms with Gasteiger partial charge in [0.25, 0.3) is 0 Å². The zero-order valence-electron chi connectivity index (χ0n) is 28.0. The average molecular weight is 671 g/mol. The zero-order valence-corrected chi connectivity index (χ0v) is 28.9. The minimum absolute atomic E-state index is 0.984. The van der Waals surface area contributed by atoms with Crippen LogP contribution in [-0.4, -0.2) is 9.97 Å². The van der Waals surface area contributed by atoms with Gasteiger partial charge in [-0.3, -0.25) is 9.97 Å². The van der Waals surface area contributed by atoms with Crippen LogP contribution in [-0.2, 0) is 11.5 Å². The number of benzene rings is 6. The average Bonchev–Trinajstić information content (AvgIpc) is 3.40. The highest BCUT2D eigenvalue weighted by molar-refractivity contribution is 7.97. The van der Waals surface area contributed by atoms with Gasteiger partial charge >= 0.3 is 0 Å². The van der Waals surface area contributed by atoms with E-state index in [1.54, 1.807) is 0 Å². The molecule has 0 atom stereocenters. The van der Waals surface area contributed by atoms with Crippen LogP contribution in [0.3, 0.4) is 0 Å². The van der Waals surface area contributed by atoms with Gasteiger partial charge in [0.05, 0.1) is 0 Å². The van der Waals surface area contributed by atoms with Crippen LogP contribution in [0.15, 0.2) is 183 Å². The van der Waals surface area contributed by atoms with Gasteiger partial charge in [0, 0.05) is 47.4 Å². The molecule has 0 radical (unpaired) electrons. The third kappa shape index (κ3) is 6.40. The molecule has 0 saturated carbocycles. The Bertz CT molecular complexity index is 2190. The molecule has 0 amide bonds. The fraction of sp³-hybridized carbons (Fsp3) is 0.0417. The monoisotopic (exact) mass is 670 g/mol. The van der Waals surface area contributed by atoms with E-state index in [9.17, 15) is 0 Å². The van der Waals surface area contributed by atoms with E-state index in [2.05, 4.69) is 156 Å². The number of pyridine rings is 2. The van der Waals surface area contributed by atoms with Crippen LogP contribution in [0.5, 0.6) is 0 Å². The summed E-state index contributed by atoms with van der Waals surface area (Å²) >= 11 is 1.99. The molecular formula is C48H34N2S. The van der Waals surface area contributed by atoms with Gasteiger partial charge in [-0.05, 0) is 139 Å². The highest BCUT2D eigenvalue weighted by Gasteiger charge is 2.18. The first-order valence-corrected chi connectivity index (χ1v) is 18.5. The molecule has 3 heteroatoms. The fourth-order valence-electron chi connectivity index (χ4n) is 7.12. The van der Waals surface area contributed by atoms with Gasteiger partial charge in [-0.25, -0.2) is 0 Å². The van der Waals surface area contributed by atoms with Crippen LogP contribution < -0.4 is 0 Å². The van der Waals surface area contributed by atoms with Crippen LogP contribution >= 0.6 is 11.8 Å². The largest absolute Gasteiger partial charge is 0.264 e. The second kappa shape index (κ2) is 13.7. The summed E-state index contributed by atoms with van der Waals surface area (Å²) in [5.74, 6) is 1.97. The van der Waals surface area contributed by atoms with E-state index in [1.807, 2.05) is 48.7 Å². The molecule has 51 heavy (non-hydrogen) atoms. The topological polar surface area (TPSA) is 25.8 Å². The van der Waals surface area contributed by atoms with Crippen LogP contribution in [0, 0.1) is 0 Å². The summed E-state index contributed by atoms with van der Waals surface area (Å²) in [5.41, 5.74) is 19.5. The maximum Gasteiger partial charge on any atom is 0.0346 e. The summed E-state index contributed by atoms with van der Waals surface area (Å²) in [5, 5.41) is 0. The van der Waals surface area contributed by atoms with E-state index in [4.69, 9.17) is 0 Å². The lowest BCUT2D eigenvalue weighted by molar-refractivity contribution is 1.32. The standard InChI is InChI=1S/C48H34N2S/c1-3-9-33(10-4-1)41-21-42(34-11-5-2-6-12-34)23-43(22-41)35-15-17-39-31-51-32-40-18-16-36(28-48(40)47(39)27-35)44-24-45(37-13-7-19-49-29-37)26-46(25-44)38-14-8-20-50-30-38/h1-30H,31-32H2. The number of aromatic nitrogens is 2.